The highest BCUT2D eigenvalue weighted by molar-refractivity contribution is 5.42. The number of rotatable bonds is 6. The summed E-state index contributed by atoms with van der Waals surface area (Å²) in [5.74, 6) is -0.164. The third kappa shape index (κ3) is 4.16. The summed E-state index contributed by atoms with van der Waals surface area (Å²) >= 11 is 0. The number of nitrogens with two attached hydrogens (primary N) is 1. The monoisotopic (exact) mass is 213 g/mol. The lowest BCUT2D eigenvalue weighted by atomic mass is 10.3. The SMILES string of the molecule is COCCCCOc1ccc(N)cc1F. The molecule has 1 rings (SSSR count). The van der Waals surface area contributed by atoms with E-state index in [0.717, 1.165) is 12.8 Å². The third-order valence-corrected chi connectivity index (χ3v) is 1.96. The molecule has 1 aromatic carbocycles. The van der Waals surface area contributed by atoms with E-state index in [1.165, 1.54) is 6.07 Å². The van der Waals surface area contributed by atoms with E-state index in [1.54, 1.807) is 19.2 Å². The zero-order chi connectivity index (χ0) is 11.1. The molecule has 0 aromatic heterocycles. The van der Waals surface area contributed by atoms with Crippen molar-refractivity contribution < 1.29 is 13.9 Å². The first kappa shape index (κ1) is 11.8. The smallest absolute Gasteiger partial charge is 0.167 e. The van der Waals surface area contributed by atoms with Gasteiger partial charge in [-0.1, -0.05) is 0 Å². The van der Waals surface area contributed by atoms with Gasteiger partial charge in [-0.05, 0) is 25.0 Å². The molecule has 2 N–H and O–H groups in total. The van der Waals surface area contributed by atoms with Crippen molar-refractivity contribution in [3.8, 4) is 5.75 Å². The molecule has 0 saturated heterocycles. The van der Waals surface area contributed by atoms with Gasteiger partial charge < -0.3 is 15.2 Å². The predicted molar refractivity (Wildman–Crippen MR) is 57.4 cm³/mol. The van der Waals surface area contributed by atoms with Crippen molar-refractivity contribution >= 4 is 5.69 Å². The zero-order valence-electron chi connectivity index (χ0n) is 8.83. The van der Waals surface area contributed by atoms with Crippen LogP contribution in [0.25, 0.3) is 0 Å². The molecule has 84 valence electrons. The van der Waals surface area contributed by atoms with Gasteiger partial charge in [0, 0.05) is 25.5 Å². The Bertz CT molecular complexity index is 305. The van der Waals surface area contributed by atoms with Gasteiger partial charge in [0.2, 0.25) is 0 Å². The summed E-state index contributed by atoms with van der Waals surface area (Å²) in [6.07, 6.45) is 1.75. The molecule has 0 unspecified atom stereocenters. The van der Waals surface area contributed by atoms with Crippen LogP contribution in [-0.4, -0.2) is 20.3 Å². The van der Waals surface area contributed by atoms with Crippen molar-refractivity contribution in [2.24, 2.45) is 0 Å². The lowest BCUT2D eigenvalue weighted by Crippen LogP contribution is -2.01. The molecule has 3 nitrogen and oxygen atoms in total. The number of unbranched alkanes of at least 4 members (excludes halogenated alkanes) is 1. The maximum atomic E-state index is 13.2. The summed E-state index contributed by atoms with van der Waals surface area (Å²) in [6.45, 7) is 1.19. The third-order valence-electron chi connectivity index (χ3n) is 1.96. The lowest BCUT2D eigenvalue weighted by Gasteiger charge is -2.07. The molecule has 4 heteroatoms. The molecule has 0 heterocycles. The molecular weight excluding hydrogens is 197 g/mol. The van der Waals surface area contributed by atoms with Gasteiger partial charge in [-0.2, -0.15) is 0 Å². The van der Waals surface area contributed by atoms with Crippen LogP contribution in [0.3, 0.4) is 0 Å². The van der Waals surface area contributed by atoms with Crippen molar-refractivity contribution in [3.05, 3.63) is 24.0 Å². The highest BCUT2D eigenvalue weighted by Crippen LogP contribution is 2.19. The fraction of sp³-hybridized carbons (Fsp3) is 0.455. The van der Waals surface area contributed by atoms with Gasteiger partial charge in [0.25, 0.3) is 0 Å². The number of halogens is 1. The fourth-order valence-corrected chi connectivity index (χ4v) is 1.16. The number of nitrogen functional groups attached to an aromatic ring is 1. The van der Waals surface area contributed by atoms with Gasteiger partial charge in [-0.25, -0.2) is 4.39 Å². The second-order valence-corrected chi connectivity index (χ2v) is 3.24. The first-order valence-corrected chi connectivity index (χ1v) is 4.91. The number of benzene rings is 1. The molecule has 0 bridgehead atoms. The first-order chi connectivity index (χ1) is 7.24. The average molecular weight is 213 g/mol. The molecule has 0 atom stereocenters. The molecule has 0 fully saturated rings. The highest BCUT2D eigenvalue weighted by Gasteiger charge is 2.02. The lowest BCUT2D eigenvalue weighted by molar-refractivity contribution is 0.183. The van der Waals surface area contributed by atoms with Crippen LogP contribution >= 0.6 is 0 Å². The van der Waals surface area contributed by atoms with Crippen LogP contribution < -0.4 is 10.5 Å². The maximum absolute atomic E-state index is 13.2. The number of methoxy groups -OCH3 is 1. The van der Waals surface area contributed by atoms with E-state index in [4.69, 9.17) is 15.2 Å². The van der Waals surface area contributed by atoms with Gasteiger partial charge in [0.05, 0.1) is 6.61 Å². The Balaban J connectivity index is 2.31. The number of ether oxygens (including phenoxy) is 2. The molecule has 0 aliphatic carbocycles. The van der Waals surface area contributed by atoms with E-state index < -0.39 is 5.82 Å². The van der Waals surface area contributed by atoms with E-state index in [9.17, 15) is 4.39 Å². The molecular formula is C11H16FNO2. The van der Waals surface area contributed by atoms with Crippen molar-refractivity contribution in [3.63, 3.8) is 0 Å². The second kappa shape index (κ2) is 6.24. The Hall–Kier alpha value is -1.29. The largest absolute Gasteiger partial charge is 0.491 e. The fourth-order valence-electron chi connectivity index (χ4n) is 1.16. The van der Waals surface area contributed by atoms with Crippen molar-refractivity contribution in [1.82, 2.24) is 0 Å². The minimum Gasteiger partial charge on any atom is -0.491 e. The van der Waals surface area contributed by atoms with E-state index in [0.29, 0.717) is 18.9 Å². The number of anilines is 1. The van der Waals surface area contributed by atoms with E-state index in [1.807, 2.05) is 0 Å². The van der Waals surface area contributed by atoms with Crippen LogP contribution in [-0.2, 0) is 4.74 Å². The maximum Gasteiger partial charge on any atom is 0.167 e. The minimum absolute atomic E-state index is 0.251. The first-order valence-electron chi connectivity index (χ1n) is 4.91. The van der Waals surface area contributed by atoms with Gasteiger partial charge in [0.15, 0.2) is 11.6 Å². The Morgan fingerprint density at radius 3 is 2.67 bits per heavy atom. The highest BCUT2D eigenvalue weighted by atomic mass is 19.1. The quantitative estimate of drug-likeness (QED) is 0.582. The van der Waals surface area contributed by atoms with Gasteiger partial charge in [-0.15, -0.1) is 0 Å². The van der Waals surface area contributed by atoms with E-state index in [2.05, 4.69) is 0 Å². The van der Waals surface area contributed by atoms with Crippen molar-refractivity contribution in [2.75, 3.05) is 26.1 Å². The molecule has 0 spiro atoms. The Morgan fingerprint density at radius 1 is 1.27 bits per heavy atom. The minimum atomic E-state index is -0.415. The molecule has 15 heavy (non-hydrogen) atoms. The molecule has 0 amide bonds. The number of hydrogen-bond donors (Lipinski definition) is 1. The Morgan fingerprint density at radius 2 is 2.00 bits per heavy atom. The van der Waals surface area contributed by atoms with E-state index in [-0.39, 0.29) is 5.75 Å². The van der Waals surface area contributed by atoms with Gasteiger partial charge in [-0.3, -0.25) is 0 Å². The van der Waals surface area contributed by atoms with Crippen LogP contribution in [0.4, 0.5) is 10.1 Å². The molecule has 0 saturated carbocycles. The average Bonchev–Trinajstić information content (AvgIpc) is 2.20. The Labute approximate surface area is 89.0 Å². The normalized spacial score (nSPS) is 10.3. The van der Waals surface area contributed by atoms with Crippen LogP contribution in [0.5, 0.6) is 5.75 Å². The standard InChI is InChI=1S/C11H16FNO2/c1-14-6-2-3-7-15-11-5-4-9(13)8-10(11)12/h4-5,8H,2-3,6-7,13H2,1H3. The predicted octanol–water partition coefficient (Wildman–Crippen LogP) is 2.21. The number of hydrogen-bond acceptors (Lipinski definition) is 3. The summed E-state index contributed by atoms with van der Waals surface area (Å²) in [5, 5.41) is 0. The second-order valence-electron chi connectivity index (χ2n) is 3.24. The van der Waals surface area contributed by atoms with Crippen molar-refractivity contribution in [2.45, 2.75) is 12.8 Å². The van der Waals surface area contributed by atoms with E-state index >= 15 is 0 Å². The molecule has 1 aromatic rings. The topological polar surface area (TPSA) is 44.5 Å². The summed E-state index contributed by atoms with van der Waals surface area (Å²) < 4.78 is 23.3. The summed E-state index contributed by atoms with van der Waals surface area (Å²) in [4.78, 5) is 0. The Kier molecular flexibility index (Phi) is 4.90. The summed E-state index contributed by atoms with van der Waals surface area (Å²) in [7, 11) is 1.65. The molecule has 0 aliphatic rings. The van der Waals surface area contributed by atoms with Gasteiger partial charge in [0.1, 0.15) is 0 Å². The summed E-state index contributed by atoms with van der Waals surface area (Å²) in [5.41, 5.74) is 5.81. The summed E-state index contributed by atoms with van der Waals surface area (Å²) in [6, 6.07) is 4.42. The van der Waals surface area contributed by atoms with Crippen LogP contribution in [0.2, 0.25) is 0 Å². The molecule has 0 radical (unpaired) electrons. The van der Waals surface area contributed by atoms with Crippen LogP contribution in [0, 0.1) is 5.82 Å². The molecule has 0 aliphatic heterocycles. The van der Waals surface area contributed by atoms with Gasteiger partial charge >= 0.3 is 0 Å². The van der Waals surface area contributed by atoms with Crippen molar-refractivity contribution in [1.29, 1.82) is 0 Å². The van der Waals surface area contributed by atoms with Crippen LogP contribution in [0.1, 0.15) is 12.8 Å². The zero-order valence-corrected chi connectivity index (χ0v) is 8.83. The van der Waals surface area contributed by atoms with Crippen LogP contribution in [0.15, 0.2) is 18.2 Å².